The number of benzene rings is 1. The molecule has 35 heavy (non-hydrogen) atoms. The van der Waals surface area contributed by atoms with Crippen LogP contribution in [-0.4, -0.2) is 40.9 Å². The molecule has 0 radical (unpaired) electrons. The predicted octanol–water partition coefficient (Wildman–Crippen LogP) is 3.67. The third kappa shape index (κ3) is 5.35. The average Bonchev–Trinajstić information content (AvgIpc) is 3.20. The molecule has 11 heteroatoms. The predicted molar refractivity (Wildman–Crippen MR) is 137 cm³/mol. The number of nitrogen functional groups attached to an aromatic ring is 1. The fourth-order valence-corrected chi connectivity index (χ4v) is 6.11. The van der Waals surface area contributed by atoms with Crippen LogP contribution in [0.15, 0.2) is 40.3 Å². The van der Waals surface area contributed by atoms with E-state index in [2.05, 4.69) is 10.3 Å². The third-order valence-electron chi connectivity index (χ3n) is 5.49. The molecule has 4 rings (SSSR count). The lowest BCUT2D eigenvalue weighted by Gasteiger charge is -2.17. The Hall–Kier alpha value is -3.31. The summed E-state index contributed by atoms with van der Waals surface area (Å²) in [6, 6.07) is 8.40. The number of nitrogens with zero attached hydrogens (tertiary/aromatic N) is 2. The lowest BCUT2D eigenvalue weighted by Crippen LogP contribution is -2.20. The van der Waals surface area contributed by atoms with Crippen LogP contribution < -0.4 is 21.3 Å². The average molecular weight is 515 g/mol. The maximum atomic E-state index is 12.9. The number of anilines is 2. The fourth-order valence-electron chi connectivity index (χ4n) is 4.00. The van der Waals surface area contributed by atoms with Gasteiger partial charge in [-0.1, -0.05) is 23.9 Å². The molecule has 9 nitrogen and oxygen atoms in total. The van der Waals surface area contributed by atoms with Crippen molar-refractivity contribution >= 4 is 45.8 Å². The van der Waals surface area contributed by atoms with Crippen molar-refractivity contribution in [2.75, 3.05) is 30.5 Å². The van der Waals surface area contributed by atoms with Crippen LogP contribution >= 0.6 is 23.1 Å². The van der Waals surface area contributed by atoms with Crippen molar-refractivity contribution in [1.29, 1.82) is 0 Å². The zero-order valence-electron chi connectivity index (χ0n) is 19.5. The number of amides is 1. The molecule has 0 saturated heterocycles. The molecule has 0 fully saturated rings. The number of hydrogen-bond donors (Lipinski definition) is 2. The van der Waals surface area contributed by atoms with Crippen molar-refractivity contribution in [1.82, 2.24) is 9.55 Å². The van der Waals surface area contributed by atoms with Crippen LogP contribution in [0.4, 0.5) is 10.8 Å². The van der Waals surface area contributed by atoms with Crippen molar-refractivity contribution in [2.45, 2.75) is 37.8 Å². The summed E-state index contributed by atoms with van der Waals surface area (Å²) in [5, 5.41) is 3.63. The number of carbonyl (C=O) groups excluding carboxylic acids is 2. The summed E-state index contributed by atoms with van der Waals surface area (Å²) in [6.45, 7) is 2.01. The van der Waals surface area contributed by atoms with Gasteiger partial charge in [-0.15, -0.1) is 11.3 Å². The second kappa shape index (κ2) is 11.0. The van der Waals surface area contributed by atoms with E-state index in [1.807, 2.05) is 12.1 Å². The third-order valence-corrected chi connectivity index (χ3v) is 7.63. The Morgan fingerprint density at radius 1 is 1.26 bits per heavy atom. The van der Waals surface area contributed by atoms with Crippen LogP contribution in [-0.2, 0) is 22.4 Å². The molecule has 3 aromatic rings. The molecule has 3 N–H and O–H groups in total. The minimum atomic E-state index is -0.507. The molecule has 0 atom stereocenters. The molecule has 1 aliphatic carbocycles. The fraction of sp³-hybridized carbons (Fsp3) is 0.333. The molecule has 0 bridgehead atoms. The molecule has 2 heterocycles. The van der Waals surface area contributed by atoms with Crippen molar-refractivity contribution in [3.05, 3.63) is 56.7 Å². The Balaban J connectivity index is 1.58. The molecular weight excluding hydrogens is 488 g/mol. The van der Waals surface area contributed by atoms with E-state index in [9.17, 15) is 14.4 Å². The Bertz CT molecular complexity index is 1320. The highest BCUT2D eigenvalue weighted by molar-refractivity contribution is 7.99. The smallest absolute Gasteiger partial charge is 0.341 e. The van der Waals surface area contributed by atoms with E-state index in [0.29, 0.717) is 22.0 Å². The topological polar surface area (TPSA) is 126 Å². The van der Waals surface area contributed by atoms with E-state index >= 15 is 0 Å². The van der Waals surface area contributed by atoms with Gasteiger partial charge in [-0.05, 0) is 50.3 Å². The second-order valence-electron chi connectivity index (χ2n) is 7.78. The first-order valence-electron chi connectivity index (χ1n) is 11.2. The van der Waals surface area contributed by atoms with Crippen LogP contribution in [0.1, 0.15) is 40.6 Å². The first-order chi connectivity index (χ1) is 16.9. The summed E-state index contributed by atoms with van der Waals surface area (Å²) in [5.41, 5.74) is 7.67. The number of aromatic nitrogens is 2. The van der Waals surface area contributed by atoms with Gasteiger partial charge in [0.25, 0.3) is 5.56 Å². The number of methoxy groups -OCH3 is 1. The van der Waals surface area contributed by atoms with Gasteiger partial charge in [-0.25, -0.2) is 4.79 Å². The summed E-state index contributed by atoms with van der Waals surface area (Å²) in [5.74, 6) is -0.0810. The van der Waals surface area contributed by atoms with E-state index < -0.39 is 11.5 Å². The van der Waals surface area contributed by atoms with Gasteiger partial charge in [0, 0.05) is 10.9 Å². The molecule has 1 amide bonds. The van der Waals surface area contributed by atoms with Gasteiger partial charge >= 0.3 is 5.97 Å². The molecule has 2 aromatic heterocycles. The zero-order valence-corrected chi connectivity index (χ0v) is 21.1. The number of para-hydroxylation sites is 2. The van der Waals surface area contributed by atoms with Crippen LogP contribution in [0, 0.1) is 0 Å². The Kier molecular flexibility index (Phi) is 7.76. The molecular formula is C24H26N4O5S2. The number of carbonyl (C=O) groups is 2. The van der Waals surface area contributed by atoms with Crippen LogP contribution in [0.2, 0.25) is 0 Å². The molecule has 1 aliphatic rings. The van der Waals surface area contributed by atoms with Gasteiger partial charge in [0.05, 0.1) is 30.7 Å². The minimum Gasteiger partial charge on any atom is -0.495 e. The number of esters is 1. The number of thioether (sulfide) groups is 1. The van der Waals surface area contributed by atoms with Crippen LogP contribution in [0.3, 0.4) is 0 Å². The van der Waals surface area contributed by atoms with Gasteiger partial charge < -0.3 is 20.5 Å². The monoisotopic (exact) mass is 514 g/mol. The highest BCUT2D eigenvalue weighted by atomic mass is 32.2. The van der Waals surface area contributed by atoms with E-state index in [1.54, 1.807) is 23.6 Å². The standard InChI is InChI=1S/C24H26N4O5S2/c1-3-33-23(31)21-14-8-4-7-11-17(14)35-22(21)26-20(30)13-34-24-27-19(29)12-18(25)28(24)15-9-5-6-10-16(15)32-2/h5-6,9-10,12H,3-4,7-8,11,13,25H2,1-2H3,(H,26,30). The van der Waals surface area contributed by atoms with Crippen molar-refractivity contribution in [3.63, 3.8) is 0 Å². The number of hydrogen-bond acceptors (Lipinski definition) is 9. The normalized spacial score (nSPS) is 12.6. The Labute approximate surface area is 210 Å². The molecule has 184 valence electrons. The van der Waals surface area contributed by atoms with Gasteiger partial charge in [0.15, 0.2) is 5.16 Å². The van der Waals surface area contributed by atoms with Gasteiger partial charge in [-0.3, -0.25) is 14.2 Å². The lowest BCUT2D eigenvalue weighted by molar-refractivity contribution is -0.113. The Morgan fingerprint density at radius 3 is 2.80 bits per heavy atom. The number of nitrogens with two attached hydrogens (primary N) is 1. The zero-order chi connectivity index (χ0) is 24.9. The number of ether oxygens (including phenoxy) is 2. The van der Waals surface area contributed by atoms with Crippen LogP contribution in [0.5, 0.6) is 5.75 Å². The van der Waals surface area contributed by atoms with Crippen molar-refractivity contribution in [2.24, 2.45) is 0 Å². The quantitative estimate of drug-likeness (QED) is 0.265. The first kappa shape index (κ1) is 24.8. The largest absolute Gasteiger partial charge is 0.495 e. The number of nitrogens with one attached hydrogen (secondary N) is 1. The minimum absolute atomic E-state index is 0.0458. The lowest BCUT2D eigenvalue weighted by atomic mass is 9.95. The van der Waals surface area contributed by atoms with Gasteiger partial charge in [-0.2, -0.15) is 4.98 Å². The molecule has 0 unspecified atom stereocenters. The van der Waals surface area contributed by atoms with Crippen LogP contribution in [0.25, 0.3) is 5.69 Å². The van der Waals surface area contributed by atoms with E-state index in [-0.39, 0.29) is 29.2 Å². The van der Waals surface area contributed by atoms with Crippen molar-refractivity contribution < 1.29 is 19.1 Å². The number of aryl methyl sites for hydroxylation is 1. The summed E-state index contributed by atoms with van der Waals surface area (Å²) >= 11 is 2.50. The molecule has 0 aliphatic heterocycles. The summed E-state index contributed by atoms with van der Waals surface area (Å²) in [4.78, 5) is 42.8. The highest BCUT2D eigenvalue weighted by Gasteiger charge is 2.27. The summed E-state index contributed by atoms with van der Waals surface area (Å²) < 4.78 is 12.3. The molecule has 0 saturated carbocycles. The Morgan fingerprint density at radius 2 is 2.03 bits per heavy atom. The molecule has 0 spiro atoms. The number of fused-ring (bicyclic) bond motifs is 1. The summed E-state index contributed by atoms with van der Waals surface area (Å²) in [6.07, 6.45) is 3.74. The van der Waals surface area contributed by atoms with E-state index in [4.69, 9.17) is 15.2 Å². The maximum absolute atomic E-state index is 12.9. The first-order valence-corrected chi connectivity index (χ1v) is 13.0. The van der Waals surface area contributed by atoms with E-state index in [1.165, 1.54) is 24.5 Å². The maximum Gasteiger partial charge on any atom is 0.341 e. The van der Waals surface area contributed by atoms with Crippen molar-refractivity contribution in [3.8, 4) is 11.4 Å². The second-order valence-corrected chi connectivity index (χ2v) is 9.83. The number of thiophene rings is 1. The highest BCUT2D eigenvalue weighted by Crippen LogP contribution is 2.39. The van der Waals surface area contributed by atoms with Gasteiger partial charge in [0.2, 0.25) is 5.91 Å². The summed E-state index contributed by atoms with van der Waals surface area (Å²) in [7, 11) is 1.53. The van der Waals surface area contributed by atoms with E-state index in [0.717, 1.165) is 47.9 Å². The molecule has 1 aromatic carbocycles. The number of rotatable bonds is 8. The van der Waals surface area contributed by atoms with Gasteiger partial charge in [0.1, 0.15) is 16.6 Å². The SMILES string of the molecule is CCOC(=O)c1c(NC(=O)CSc2nc(=O)cc(N)n2-c2ccccc2OC)sc2c1CCCC2.